The number of hydrogen-bond acceptors (Lipinski definition) is 3. The van der Waals surface area contributed by atoms with Crippen molar-refractivity contribution < 1.29 is 5.11 Å². The van der Waals surface area contributed by atoms with E-state index in [1.165, 1.54) is 9.79 Å². The van der Waals surface area contributed by atoms with Crippen molar-refractivity contribution in [2.75, 3.05) is 5.73 Å². The summed E-state index contributed by atoms with van der Waals surface area (Å²) in [5.74, 6) is 0.249. The van der Waals surface area contributed by atoms with Gasteiger partial charge in [-0.15, -0.1) is 0 Å². The average Bonchev–Trinajstić information content (AvgIpc) is 2.53. The maximum absolute atomic E-state index is 8.70. The summed E-state index contributed by atoms with van der Waals surface area (Å²) in [6.07, 6.45) is 0. The molecular weight excluding hydrogens is 278 g/mol. The number of nitrogens with two attached hydrogens (primary N) is 1. The standard InChI is InChI=1S/C12H10S.C6H7NO/c1-3-7-11(8-4-1)13-12-9-5-2-6-10-12;7-5-1-3-6(8)4-2-5/h1-10H;1-4,8H,7H2. The molecule has 0 atom stereocenters. The van der Waals surface area contributed by atoms with Crippen molar-refractivity contribution >= 4 is 17.4 Å². The van der Waals surface area contributed by atoms with E-state index in [2.05, 4.69) is 48.5 Å². The molecule has 0 saturated heterocycles. The third-order valence-corrected chi connectivity index (χ3v) is 3.63. The summed E-state index contributed by atoms with van der Waals surface area (Å²) in [6.45, 7) is 0. The molecule has 0 aliphatic carbocycles. The van der Waals surface area contributed by atoms with Crippen LogP contribution in [0.4, 0.5) is 5.69 Å². The van der Waals surface area contributed by atoms with Crippen LogP contribution in [0.5, 0.6) is 5.75 Å². The van der Waals surface area contributed by atoms with E-state index in [1.807, 2.05) is 12.1 Å². The fourth-order valence-electron chi connectivity index (χ4n) is 1.59. The monoisotopic (exact) mass is 295 g/mol. The van der Waals surface area contributed by atoms with Crippen molar-refractivity contribution in [3.05, 3.63) is 84.9 Å². The zero-order chi connectivity index (χ0) is 14.9. The van der Waals surface area contributed by atoms with Gasteiger partial charge in [0.2, 0.25) is 0 Å². The molecule has 0 saturated carbocycles. The lowest BCUT2D eigenvalue weighted by atomic mass is 10.3. The Morgan fingerprint density at radius 1 is 0.619 bits per heavy atom. The minimum absolute atomic E-state index is 0.249. The molecule has 0 aromatic heterocycles. The van der Waals surface area contributed by atoms with E-state index in [0.29, 0.717) is 5.69 Å². The highest BCUT2D eigenvalue weighted by atomic mass is 32.2. The Kier molecular flexibility index (Phi) is 5.73. The molecule has 106 valence electrons. The Labute approximate surface area is 129 Å². The highest BCUT2D eigenvalue weighted by Gasteiger charge is 1.93. The summed E-state index contributed by atoms with van der Waals surface area (Å²) in [5.41, 5.74) is 5.98. The number of aromatic hydroxyl groups is 1. The lowest BCUT2D eigenvalue weighted by Gasteiger charge is -1.99. The second-order valence-electron chi connectivity index (χ2n) is 4.32. The lowest BCUT2D eigenvalue weighted by Crippen LogP contribution is -1.80. The number of nitrogen functional groups attached to an aromatic ring is 1. The summed E-state index contributed by atoms with van der Waals surface area (Å²) >= 11 is 1.79. The number of anilines is 1. The quantitative estimate of drug-likeness (QED) is 0.526. The summed E-state index contributed by atoms with van der Waals surface area (Å²) < 4.78 is 0. The Bertz CT molecular complexity index is 581. The zero-order valence-corrected chi connectivity index (χ0v) is 12.3. The Hall–Kier alpha value is -2.39. The molecule has 0 bridgehead atoms. The van der Waals surface area contributed by atoms with Gasteiger partial charge in [0.25, 0.3) is 0 Å². The van der Waals surface area contributed by atoms with Crippen molar-refractivity contribution in [1.82, 2.24) is 0 Å². The van der Waals surface area contributed by atoms with E-state index in [1.54, 1.807) is 36.0 Å². The highest BCUT2D eigenvalue weighted by Crippen LogP contribution is 2.26. The normalized spacial score (nSPS) is 9.52. The Morgan fingerprint density at radius 2 is 1.05 bits per heavy atom. The molecule has 0 amide bonds. The predicted octanol–water partition coefficient (Wildman–Crippen LogP) is 4.81. The van der Waals surface area contributed by atoms with Crippen molar-refractivity contribution in [2.24, 2.45) is 0 Å². The maximum atomic E-state index is 8.70. The van der Waals surface area contributed by atoms with Crippen LogP contribution >= 0.6 is 11.8 Å². The number of phenols is 1. The molecule has 3 rings (SSSR count). The first kappa shape index (κ1) is 15.0. The SMILES string of the molecule is Nc1ccc(O)cc1.c1ccc(Sc2ccccc2)cc1. The van der Waals surface area contributed by atoms with Gasteiger partial charge in [0.05, 0.1) is 0 Å². The van der Waals surface area contributed by atoms with E-state index < -0.39 is 0 Å². The van der Waals surface area contributed by atoms with Crippen LogP contribution in [-0.2, 0) is 0 Å². The average molecular weight is 295 g/mol. The van der Waals surface area contributed by atoms with Gasteiger partial charge in [-0.25, -0.2) is 0 Å². The van der Waals surface area contributed by atoms with E-state index in [-0.39, 0.29) is 5.75 Å². The summed E-state index contributed by atoms with van der Waals surface area (Å²) in [4.78, 5) is 2.57. The molecule has 0 heterocycles. The topological polar surface area (TPSA) is 46.2 Å². The molecular formula is C18H17NOS. The van der Waals surface area contributed by atoms with Crippen LogP contribution in [0.2, 0.25) is 0 Å². The summed E-state index contributed by atoms with van der Waals surface area (Å²) in [7, 11) is 0. The molecule has 0 fully saturated rings. The van der Waals surface area contributed by atoms with Gasteiger partial charge < -0.3 is 10.8 Å². The highest BCUT2D eigenvalue weighted by molar-refractivity contribution is 7.99. The minimum atomic E-state index is 0.249. The predicted molar refractivity (Wildman–Crippen MR) is 89.5 cm³/mol. The van der Waals surface area contributed by atoms with Crippen molar-refractivity contribution in [1.29, 1.82) is 0 Å². The number of benzene rings is 3. The number of phenolic OH excluding ortho intramolecular Hbond substituents is 1. The molecule has 2 nitrogen and oxygen atoms in total. The Morgan fingerprint density at radius 3 is 1.43 bits per heavy atom. The first-order valence-electron chi connectivity index (χ1n) is 6.56. The van der Waals surface area contributed by atoms with Crippen LogP contribution in [0.25, 0.3) is 0 Å². The molecule has 3 aromatic carbocycles. The van der Waals surface area contributed by atoms with Crippen LogP contribution in [0.1, 0.15) is 0 Å². The van der Waals surface area contributed by atoms with Crippen molar-refractivity contribution in [3.63, 3.8) is 0 Å². The van der Waals surface area contributed by atoms with Gasteiger partial charge in [-0.3, -0.25) is 0 Å². The lowest BCUT2D eigenvalue weighted by molar-refractivity contribution is 0.475. The van der Waals surface area contributed by atoms with Gasteiger partial charge >= 0.3 is 0 Å². The second-order valence-corrected chi connectivity index (χ2v) is 5.47. The molecule has 0 aliphatic heterocycles. The first-order valence-corrected chi connectivity index (χ1v) is 7.38. The Balaban J connectivity index is 0.000000173. The van der Waals surface area contributed by atoms with Gasteiger partial charge in [-0.2, -0.15) is 0 Å². The third-order valence-electron chi connectivity index (χ3n) is 2.62. The van der Waals surface area contributed by atoms with E-state index in [9.17, 15) is 0 Å². The molecule has 0 aliphatic rings. The third kappa shape index (κ3) is 5.63. The fraction of sp³-hybridized carbons (Fsp3) is 0. The van der Waals surface area contributed by atoms with Crippen LogP contribution in [0.15, 0.2) is 94.7 Å². The molecule has 0 radical (unpaired) electrons. The van der Waals surface area contributed by atoms with Crippen LogP contribution in [0, 0.1) is 0 Å². The molecule has 3 heteroatoms. The molecule has 21 heavy (non-hydrogen) atoms. The van der Waals surface area contributed by atoms with E-state index in [4.69, 9.17) is 10.8 Å². The molecule has 3 N–H and O–H groups in total. The first-order chi connectivity index (χ1) is 10.2. The molecule has 3 aromatic rings. The van der Waals surface area contributed by atoms with Crippen LogP contribution in [0.3, 0.4) is 0 Å². The maximum Gasteiger partial charge on any atom is 0.115 e. The van der Waals surface area contributed by atoms with Gasteiger partial charge in [0, 0.05) is 15.5 Å². The summed E-state index contributed by atoms with van der Waals surface area (Å²) in [5, 5.41) is 8.70. The van der Waals surface area contributed by atoms with E-state index >= 15 is 0 Å². The van der Waals surface area contributed by atoms with Crippen molar-refractivity contribution in [3.8, 4) is 5.75 Å². The van der Waals surface area contributed by atoms with Gasteiger partial charge in [0.1, 0.15) is 5.75 Å². The van der Waals surface area contributed by atoms with Gasteiger partial charge in [-0.05, 0) is 48.5 Å². The fourth-order valence-corrected chi connectivity index (χ4v) is 2.45. The molecule has 0 spiro atoms. The summed E-state index contributed by atoms with van der Waals surface area (Å²) in [6, 6.07) is 27.2. The number of rotatable bonds is 2. The molecule has 0 unspecified atom stereocenters. The zero-order valence-electron chi connectivity index (χ0n) is 11.5. The number of hydrogen-bond donors (Lipinski definition) is 2. The minimum Gasteiger partial charge on any atom is -0.508 e. The van der Waals surface area contributed by atoms with Gasteiger partial charge in [-0.1, -0.05) is 48.2 Å². The smallest absolute Gasteiger partial charge is 0.115 e. The van der Waals surface area contributed by atoms with Gasteiger partial charge in [0.15, 0.2) is 0 Å². The second kappa shape index (κ2) is 8.02. The van der Waals surface area contributed by atoms with Crippen LogP contribution in [-0.4, -0.2) is 5.11 Å². The van der Waals surface area contributed by atoms with Crippen molar-refractivity contribution in [2.45, 2.75) is 9.79 Å². The largest absolute Gasteiger partial charge is 0.508 e. The van der Waals surface area contributed by atoms with E-state index in [0.717, 1.165) is 0 Å². The van der Waals surface area contributed by atoms with Crippen LogP contribution < -0.4 is 5.73 Å².